The number of aromatic nitrogens is 2. The molecule has 6 aromatic carbocycles. The molecule has 47 heavy (non-hydrogen) atoms. The molecule has 0 N–H and O–H groups in total. The van der Waals surface area contributed by atoms with Crippen LogP contribution in [0.3, 0.4) is 0 Å². The highest BCUT2D eigenvalue weighted by atomic mass is 35.5. The molecule has 0 saturated carbocycles. The van der Waals surface area contributed by atoms with Gasteiger partial charge in [-0.05, 0) is 81.9 Å². The highest BCUT2D eigenvalue weighted by Crippen LogP contribution is 2.49. The molecule has 0 aliphatic heterocycles. The Kier molecular flexibility index (Phi) is 6.43. The second-order valence-electron chi connectivity index (χ2n) is 12.8. The van der Waals surface area contributed by atoms with Crippen molar-refractivity contribution in [3.05, 3.63) is 156 Å². The van der Waals surface area contributed by atoms with Gasteiger partial charge in [0.2, 0.25) is 0 Å². The van der Waals surface area contributed by atoms with Crippen LogP contribution in [0, 0.1) is 0 Å². The van der Waals surface area contributed by atoms with E-state index in [0.717, 1.165) is 39.2 Å². The van der Waals surface area contributed by atoms with E-state index in [9.17, 15) is 0 Å². The molecule has 4 heteroatoms. The molecule has 0 spiro atoms. The zero-order valence-electron chi connectivity index (χ0n) is 26.0. The number of thiophene rings is 1. The lowest BCUT2D eigenvalue weighted by atomic mass is 9.82. The van der Waals surface area contributed by atoms with Gasteiger partial charge < -0.3 is 0 Å². The van der Waals surface area contributed by atoms with Gasteiger partial charge in [-0.25, -0.2) is 9.97 Å². The molecule has 8 aromatic rings. The summed E-state index contributed by atoms with van der Waals surface area (Å²) < 4.78 is 2.58. The minimum atomic E-state index is -0.100. The lowest BCUT2D eigenvalue weighted by Crippen LogP contribution is -2.14. The fourth-order valence-electron chi connectivity index (χ4n) is 7.13. The van der Waals surface area contributed by atoms with Gasteiger partial charge >= 0.3 is 0 Å². The molecule has 0 amide bonds. The fraction of sp³-hybridized carbons (Fsp3) is 0.0698. The molecule has 1 aliphatic carbocycles. The van der Waals surface area contributed by atoms with Crippen molar-refractivity contribution in [1.82, 2.24) is 9.97 Å². The van der Waals surface area contributed by atoms with E-state index in [1.165, 1.54) is 42.4 Å². The van der Waals surface area contributed by atoms with Gasteiger partial charge in [0.25, 0.3) is 0 Å². The lowest BCUT2D eigenvalue weighted by Gasteiger charge is -2.22. The van der Waals surface area contributed by atoms with E-state index in [1.807, 2.05) is 41.7 Å². The summed E-state index contributed by atoms with van der Waals surface area (Å²) >= 11 is 8.68. The number of nitrogens with zero attached hydrogens (tertiary/aromatic N) is 2. The third kappa shape index (κ3) is 4.69. The van der Waals surface area contributed by atoms with Gasteiger partial charge in [-0.15, -0.1) is 11.3 Å². The Morgan fingerprint density at radius 3 is 2.04 bits per heavy atom. The van der Waals surface area contributed by atoms with Gasteiger partial charge in [0.1, 0.15) is 0 Å². The second-order valence-corrected chi connectivity index (χ2v) is 14.3. The molecule has 9 rings (SSSR count). The van der Waals surface area contributed by atoms with E-state index in [2.05, 4.69) is 123 Å². The molecule has 224 valence electrons. The summed E-state index contributed by atoms with van der Waals surface area (Å²) in [7, 11) is 0. The van der Waals surface area contributed by atoms with Crippen LogP contribution in [0.2, 0.25) is 5.02 Å². The SMILES string of the molecule is CC1(C)c2ccccc2-c2ccc(-c3cc(-c4cc(Cl)cc(-c5ccc6sc7ccccc7c6c5)c4)nc(-c4ccccc4)n3)cc21. The first-order chi connectivity index (χ1) is 22.9. The van der Waals surface area contributed by atoms with Gasteiger partial charge in [0.05, 0.1) is 11.4 Å². The van der Waals surface area contributed by atoms with E-state index in [0.29, 0.717) is 10.8 Å². The minimum Gasteiger partial charge on any atom is -0.228 e. The second kappa shape index (κ2) is 10.7. The number of hydrogen-bond acceptors (Lipinski definition) is 3. The molecule has 2 aromatic heterocycles. The van der Waals surface area contributed by atoms with Gasteiger partial charge in [0, 0.05) is 47.3 Å². The average molecular weight is 641 g/mol. The van der Waals surface area contributed by atoms with Gasteiger partial charge in [-0.3, -0.25) is 0 Å². The standard InChI is InChI=1S/C43H29ClN2S/c1-43(2)36-14-8-6-12-32(36)33-18-16-28(24-37(33)43)38-25-39(46-42(45-38)26-10-4-3-5-11-26)30-20-29(21-31(44)22-30)27-17-19-41-35(23-27)34-13-7-9-15-40(34)47-41/h3-25H,1-2H3. The maximum Gasteiger partial charge on any atom is 0.160 e. The van der Waals surface area contributed by atoms with E-state index >= 15 is 0 Å². The maximum atomic E-state index is 6.85. The van der Waals surface area contributed by atoms with E-state index in [1.54, 1.807) is 0 Å². The summed E-state index contributed by atoms with van der Waals surface area (Å²) in [5.74, 6) is 0.689. The summed E-state index contributed by atoms with van der Waals surface area (Å²) in [6.07, 6.45) is 0. The van der Waals surface area contributed by atoms with Crippen molar-refractivity contribution in [2.45, 2.75) is 19.3 Å². The van der Waals surface area contributed by atoms with Crippen molar-refractivity contribution >= 4 is 43.1 Å². The van der Waals surface area contributed by atoms with Gasteiger partial charge in [0.15, 0.2) is 5.82 Å². The zero-order chi connectivity index (χ0) is 31.7. The predicted octanol–water partition coefficient (Wildman–Crippen LogP) is 12.5. The Balaban J connectivity index is 1.20. The van der Waals surface area contributed by atoms with Crippen LogP contribution in [-0.2, 0) is 5.41 Å². The number of rotatable bonds is 4. The molecule has 2 heterocycles. The highest BCUT2D eigenvalue weighted by molar-refractivity contribution is 7.25. The van der Waals surface area contributed by atoms with Crippen molar-refractivity contribution in [2.75, 3.05) is 0 Å². The van der Waals surface area contributed by atoms with Crippen molar-refractivity contribution < 1.29 is 0 Å². The van der Waals surface area contributed by atoms with Crippen LogP contribution in [0.15, 0.2) is 140 Å². The number of hydrogen-bond donors (Lipinski definition) is 0. The molecule has 1 aliphatic rings. The van der Waals surface area contributed by atoms with E-state index in [4.69, 9.17) is 21.6 Å². The molecule has 0 fully saturated rings. The monoisotopic (exact) mass is 640 g/mol. The summed E-state index contributed by atoms with van der Waals surface area (Å²) in [5, 5.41) is 3.22. The Hall–Kier alpha value is -5.09. The van der Waals surface area contributed by atoms with Crippen molar-refractivity contribution in [2.24, 2.45) is 0 Å². The third-order valence-electron chi connectivity index (χ3n) is 9.54. The summed E-state index contributed by atoms with van der Waals surface area (Å²) in [4.78, 5) is 10.3. The van der Waals surface area contributed by atoms with Crippen molar-refractivity contribution in [3.8, 4) is 56.2 Å². The maximum absolute atomic E-state index is 6.85. The summed E-state index contributed by atoms with van der Waals surface area (Å²) in [6, 6.07) is 49.4. The predicted molar refractivity (Wildman–Crippen MR) is 199 cm³/mol. The molecule has 0 atom stereocenters. The van der Waals surface area contributed by atoms with Crippen LogP contribution in [-0.4, -0.2) is 9.97 Å². The van der Waals surface area contributed by atoms with E-state index in [-0.39, 0.29) is 5.41 Å². The van der Waals surface area contributed by atoms with Crippen LogP contribution in [0.1, 0.15) is 25.0 Å². The first-order valence-electron chi connectivity index (χ1n) is 15.8. The molecule has 0 saturated heterocycles. The Morgan fingerprint density at radius 1 is 0.489 bits per heavy atom. The first kappa shape index (κ1) is 28.2. The topological polar surface area (TPSA) is 25.8 Å². The number of halogens is 1. The molecule has 2 nitrogen and oxygen atoms in total. The summed E-state index contributed by atoms with van der Waals surface area (Å²) in [5.41, 5.74) is 12.1. The summed E-state index contributed by atoms with van der Waals surface area (Å²) in [6.45, 7) is 4.62. The van der Waals surface area contributed by atoms with Gasteiger partial charge in [-0.1, -0.05) is 116 Å². The fourth-order valence-corrected chi connectivity index (χ4v) is 8.45. The quantitative estimate of drug-likeness (QED) is 0.191. The molecular formula is C43H29ClN2S. The largest absolute Gasteiger partial charge is 0.228 e. The van der Waals surface area contributed by atoms with E-state index < -0.39 is 0 Å². The average Bonchev–Trinajstić information content (AvgIpc) is 3.59. The Bertz CT molecular complexity index is 2510. The Morgan fingerprint density at radius 2 is 1.17 bits per heavy atom. The molecule has 0 radical (unpaired) electrons. The van der Waals surface area contributed by atoms with Crippen LogP contribution < -0.4 is 0 Å². The Labute approximate surface area is 283 Å². The van der Waals surface area contributed by atoms with Crippen LogP contribution >= 0.6 is 22.9 Å². The minimum absolute atomic E-state index is 0.100. The third-order valence-corrected chi connectivity index (χ3v) is 10.9. The first-order valence-corrected chi connectivity index (χ1v) is 17.0. The molecular weight excluding hydrogens is 612 g/mol. The lowest BCUT2D eigenvalue weighted by molar-refractivity contribution is 0.660. The molecule has 0 unspecified atom stereocenters. The van der Waals surface area contributed by atoms with Crippen LogP contribution in [0.25, 0.3) is 76.3 Å². The van der Waals surface area contributed by atoms with Gasteiger partial charge in [-0.2, -0.15) is 0 Å². The van der Waals surface area contributed by atoms with Crippen molar-refractivity contribution in [3.63, 3.8) is 0 Å². The van der Waals surface area contributed by atoms with Crippen molar-refractivity contribution in [1.29, 1.82) is 0 Å². The number of benzene rings is 6. The molecule has 0 bridgehead atoms. The highest BCUT2D eigenvalue weighted by Gasteiger charge is 2.35. The number of fused-ring (bicyclic) bond motifs is 6. The van der Waals surface area contributed by atoms with Crippen LogP contribution in [0.5, 0.6) is 0 Å². The smallest absolute Gasteiger partial charge is 0.160 e. The van der Waals surface area contributed by atoms with Crippen LogP contribution in [0.4, 0.5) is 0 Å². The zero-order valence-corrected chi connectivity index (χ0v) is 27.5. The normalized spacial score (nSPS) is 13.2.